The van der Waals surface area contributed by atoms with E-state index in [1.165, 1.54) is 0 Å². The Labute approximate surface area is 98.6 Å². The number of benzene rings is 1. The topological polar surface area (TPSA) is 61.4 Å². The van der Waals surface area contributed by atoms with Gasteiger partial charge in [0.25, 0.3) is 5.91 Å². The van der Waals surface area contributed by atoms with Gasteiger partial charge in [-0.15, -0.1) is 0 Å². The largest absolute Gasteiger partial charge is 0.379 e. The maximum Gasteiger partial charge on any atom is 0.257 e. The number of amides is 1. The van der Waals surface area contributed by atoms with E-state index in [1.807, 2.05) is 0 Å². The molecule has 0 spiro atoms. The Morgan fingerprint density at radius 2 is 2.12 bits per heavy atom. The predicted octanol–water partition coefficient (Wildman–Crippen LogP) is 1.00. The van der Waals surface area contributed by atoms with Gasteiger partial charge in [0.15, 0.2) is 5.60 Å². The van der Waals surface area contributed by atoms with Gasteiger partial charge in [0, 0.05) is 17.3 Å². The summed E-state index contributed by atoms with van der Waals surface area (Å²) >= 11 is 5.73. The van der Waals surface area contributed by atoms with E-state index in [9.17, 15) is 9.90 Å². The van der Waals surface area contributed by atoms with Crippen LogP contribution in [-0.2, 0) is 4.79 Å². The minimum absolute atomic E-state index is 0.298. The minimum Gasteiger partial charge on any atom is -0.379 e. The summed E-state index contributed by atoms with van der Waals surface area (Å²) in [7, 11) is 0. The lowest BCUT2D eigenvalue weighted by molar-refractivity contribution is -0.132. The smallest absolute Gasteiger partial charge is 0.257 e. The van der Waals surface area contributed by atoms with E-state index in [0.29, 0.717) is 30.2 Å². The molecule has 0 saturated carbocycles. The molecule has 3 N–H and O–H groups in total. The van der Waals surface area contributed by atoms with Crippen molar-refractivity contribution in [1.29, 1.82) is 0 Å². The maximum absolute atomic E-state index is 11.8. The highest BCUT2D eigenvalue weighted by Crippen LogP contribution is 2.19. The summed E-state index contributed by atoms with van der Waals surface area (Å²) in [6, 6.07) is 6.78. The quantitative estimate of drug-likeness (QED) is 0.723. The average Bonchev–Trinajstić information content (AvgIpc) is 2.70. The molecule has 0 aromatic heterocycles. The fraction of sp³-hybridized carbons (Fsp3) is 0.364. The number of rotatable bonds is 2. The monoisotopic (exact) mass is 240 g/mol. The Bertz CT molecular complexity index is 385. The normalized spacial score (nSPS) is 24.4. The fourth-order valence-electron chi connectivity index (χ4n) is 1.65. The Morgan fingerprint density at radius 3 is 2.69 bits per heavy atom. The number of nitrogens with one attached hydrogen (secondary N) is 2. The molecule has 1 unspecified atom stereocenters. The lowest BCUT2D eigenvalue weighted by atomic mass is 10.0. The molecular formula is C11H13ClN2O2. The zero-order valence-corrected chi connectivity index (χ0v) is 9.42. The molecule has 1 saturated heterocycles. The highest BCUT2D eigenvalue weighted by Gasteiger charge is 2.38. The van der Waals surface area contributed by atoms with Crippen LogP contribution >= 0.6 is 11.6 Å². The number of hydrogen-bond acceptors (Lipinski definition) is 3. The van der Waals surface area contributed by atoms with Crippen molar-refractivity contribution >= 4 is 23.2 Å². The second kappa shape index (κ2) is 4.41. The van der Waals surface area contributed by atoms with Crippen LogP contribution in [-0.4, -0.2) is 29.7 Å². The van der Waals surface area contributed by atoms with Crippen LogP contribution in [0.1, 0.15) is 6.42 Å². The van der Waals surface area contributed by atoms with Gasteiger partial charge < -0.3 is 15.7 Å². The molecule has 1 atom stereocenters. The third-order valence-corrected chi connectivity index (χ3v) is 2.91. The standard InChI is InChI=1S/C11H13ClN2O2/c12-8-1-3-9(4-2-8)14-10(15)11(16)5-6-13-7-11/h1-4,13,16H,5-7H2,(H,14,15). The number of carbonyl (C=O) groups is 1. The van der Waals surface area contributed by atoms with Crippen molar-refractivity contribution < 1.29 is 9.90 Å². The van der Waals surface area contributed by atoms with Crippen LogP contribution < -0.4 is 10.6 Å². The van der Waals surface area contributed by atoms with Crippen LogP contribution in [0.3, 0.4) is 0 Å². The van der Waals surface area contributed by atoms with Crippen LogP contribution in [0.25, 0.3) is 0 Å². The summed E-state index contributed by atoms with van der Waals surface area (Å²) < 4.78 is 0. The molecule has 1 amide bonds. The predicted molar refractivity (Wildman–Crippen MR) is 62.5 cm³/mol. The summed E-state index contributed by atoms with van der Waals surface area (Å²) in [6.45, 7) is 0.955. The Hall–Kier alpha value is -1.10. The summed E-state index contributed by atoms with van der Waals surface area (Å²) in [5.41, 5.74) is -0.658. The molecule has 0 bridgehead atoms. The number of β-amino-alcohol motifs (C(OH)–C–C–N with tert-alkyl or cyclic N) is 1. The van der Waals surface area contributed by atoms with Crippen LogP contribution in [0.5, 0.6) is 0 Å². The van der Waals surface area contributed by atoms with Crippen molar-refractivity contribution in [2.24, 2.45) is 0 Å². The van der Waals surface area contributed by atoms with Gasteiger partial charge in [-0.2, -0.15) is 0 Å². The number of halogens is 1. The highest BCUT2D eigenvalue weighted by molar-refractivity contribution is 6.30. The van der Waals surface area contributed by atoms with Crippen molar-refractivity contribution in [2.75, 3.05) is 18.4 Å². The number of hydrogen-bond donors (Lipinski definition) is 3. The van der Waals surface area contributed by atoms with E-state index in [2.05, 4.69) is 10.6 Å². The Kier molecular flexibility index (Phi) is 3.14. The number of aliphatic hydroxyl groups is 1. The molecule has 2 rings (SSSR count). The van der Waals surface area contributed by atoms with Crippen LogP contribution in [0.4, 0.5) is 5.69 Å². The molecule has 1 aromatic rings. The van der Waals surface area contributed by atoms with Crippen LogP contribution in [0.15, 0.2) is 24.3 Å². The third-order valence-electron chi connectivity index (χ3n) is 2.66. The Morgan fingerprint density at radius 1 is 1.44 bits per heavy atom. The molecule has 1 heterocycles. The molecule has 0 radical (unpaired) electrons. The third kappa shape index (κ3) is 2.35. The molecule has 1 aliphatic rings. The first-order chi connectivity index (χ1) is 7.60. The molecule has 1 aliphatic heterocycles. The van der Waals surface area contributed by atoms with E-state index in [4.69, 9.17) is 11.6 Å². The zero-order valence-electron chi connectivity index (χ0n) is 8.66. The van der Waals surface area contributed by atoms with Crippen molar-refractivity contribution in [3.8, 4) is 0 Å². The van der Waals surface area contributed by atoms with Crippen molar-refractivity contribution in [3.63, 3.8) is 0 Å². The van der Waals surface area contributed by atoms with Gasteiger partial charge in [-0.05, 0) is 37.2 Å². The fourth-order valence-corrected chi connectivity index (χ4v) is 1.78. The lowest BCUT2D eigenvalue weighted by Crippen LogP contribution is -2.44. The van der Waals surface area contributed by atoms with Gasteiger partial charge >= 0.3 is 0 Å². The first-order valence-electron chi connectivity index (χ1n) is 5.10. The van der Waals surface area contributed by atoms with Gasteiger partial charge in [-0.1, -0.05) is 11.6 Å². The summed E-state index contributed by atoms with van der Waals surface area (Å²) in [5.74, 6) is -0.375. The van der Waals surface area contributed by atoms with E-state index in [-0.39, 0.29) is 5.91 Å². The van der Waals surface area contributed by atoms with Crippen molar-refractivity contribution in [1.82, 2.24) is 5.32 Å². The average molecular weight is 241 g/mol. The highest BCUT2D eigenvalue weighted by atomic mass is 35.5. The van der Waals surface area contributed by atoms with Gasteiger partial charge in [0.1, 0.15) is 0 Å². The van der Waals surface area contributed by atoms with E-state index in [1.54, 1.807) is 24.3 Å². The Balaban J connectivity index is 2.04. The second-order valence-electron chi connectivity index (χ2n) is 3.92. The van der Waals surface area contributed by atoms with Gasteiger partial charge in [0.05, 0.1) is 0 Å². The minimum atomic E-state index is -1.29. The van der Waals surface area contributed by atoms with Crippen LogP contribution in [0.2, 0.25) is 5.02 Å². The van der Waals surface area contributed by atoms with E-state index < -0.39 is 5.60 Å². The molecule has 4 nitrogen and oxygen atoms in total. The molecule has 16 heavy (non-hydrogen) atoms. The lowest BCUT2D eigenvalue weighted by Gasteiger charge is -2.20. The van der Waals surface area contributed by atoms with E-state index >= 15 is 0 Å². The number of carbonyl (C=O) groups excluding carboxylic acids is 1. The first kappa shape index (κ1) is 11.4. The van der Waals surface area contributed by atoms with E-state index in [0.717, 1.165) is 0 Å². The van der Waals surface area contributed by atoms with Gasteiger partial charge in [-0.3, -0.25) is 4.79 Å². The first-order valence-corrected chi connectivity index (χ1v) is 5.48. The molecule has 86 valence electrons. The molecule has 1 fully saturated rings. The zero-order chi connectivity index (χ0) is 11.6. The van der Waals surface area contributed by atoms with Gasteiger partial charge in [-0.25, -0.2) is 0 Å². The van der Waals surface area contributed by atoms with Gasteiger partial charge in [0.2, 0.25) is 0 Å². The van der Waals surface area contributed by atoms with Crippen molar-refractivity contribution in [3.05, 3.63) is 29.3 Å². The second-order valence-corrected chi connectivity index (χ2v) is 4.36. The number of anilines is 1. The van der Waals surface area contributed by atoms with Crippen molar-refractivity contribution in [2.45, 2.75) is 12.0 Å². The summed E-state index contributed by atoms with van der Waals surface area (Å²) in [6.07, 6.45) is 0.437. The summed E-state index contributed by atoms with van der Waals surface area (Å²) in [4.78, 5) is 11.8. The maximum atomic E-state index is 11.8. The summed E-state index contributed by atoms with van der Waals surface area (Å²) in [5, 5.41) is 16.2. The molecule has 0 aliphatic carbocycles. The molecule has 1 aromatic carbocycles. The molecular weight excluding hydrogens is 228 g/mol. The molecule has 5 heteroatoms. The SMILES string of the molecule is O=C(Nc1ccc(Cl)cc1)C1(O)CCNC1. The van der Waals surface area contributed by atoms with Crippen LogP contribution in [0, 0.1) is 0 Å².